The van der Waals surface area contributed by atoms with E-state index in [1.807, 2.05) is 70.9 Å². The molecule has 1 aliphatic heterocycles. The van der Waals surface area contributed by atoms with Crippen molar-refractivity contribution in [3.05, 3.63) is 101 Å². The molecule has 2 aromatic carbocycles. The Morgan fingerprint density at radius 3 is 2.48 bits per heavy atom. The van der Waals surface area contributed by atoms with Crippen molar-refractivity contribution in [3.8, 4) is 0 Å². The number of rotatable bonds is 12. The van der Waals surface area contributed by atoms with E-state index in [1.165, 1.54) is 0 Å². The fourth-order valence-electron chi connectivity index (χ4n) is 6.42. The van der Waals surface area contributed by atoms with E-state index in [4.69, 9.17) is 0 Å². The van der Waals surface area contributed by atoms with Crippen molar-refractivity contribution in [3.63, 3.8) is 0 Å². The van der Waals surface area contributed by atoms with Crippen LogP contribution in [0.25, 0.3) is 0 Å². The maximum absolute atomic E-state index is 13.7. The van der Waals surface area contributed by atoms with Gasteiger partial charge in [-0.15, -0.1) is 0 Å². The lowest BCUT2D eigenvalue weighted by atomic mass is 9.91. The number of nitrogens with one attached hydrogen (secondary N) is 2. The van der Waals surface area contributed by atoms with Gasteiger partial charge in [0.15, 0.2) is 0 Å². The van der Waals surface area contributed by atoms with Crippen molar-refractivity contribution in [2.24, 2.45) is 5.92 Å². The van der Waals surface area contributed by atoms with Crippen LogP contribution in [-0.2, 0) is 29.0 Å². The van der Waals surface area contributed by atoms with Gasteiger partial charge in [-0.2, -0.15) is 13.2 Å². The van der Waals surface area contributed by atoms with Gasteiger partial charge in [0.05, 0.1) is 18.2 Å². The zero-order valence-corrected chi connectivity index (χ0v) is 25.4. The molecule has 0 saturated carbocycles. The van der Waals surface area contributed by atoms with Crippen molar-refractivity contribution in [1.82, 2.24) is 25.4 Å². The lowest BCUT2D eigenvalue weighted by molar-refractivity contribution is -0.143. The van der Waals surface area contributed by atoms with Gasteiger partial charge in [-0.1, -0.05) is 60.7 Å². The Hall–Kier alpha value is -3.84. The second kappa shape index (κ2) is 15.2. The summed E-state index contributed by atoms with van der Waals surface area (Å²) < 4.78 is 38.9. The molecule has 5 rings (SSSR count). The number of hydrogen-bond acceptors (Lipinski definition) is 7. The van der Waals surface area contributed by atoms with Gasteiger partial charge in [-0.3, -0.25) is 24.4 Å². The zero-order valence-electron chi connectivity index (χ0n) is 25.4. The van der Waals surface area contributed by atoms with Crippen molar-refractivity contribution in [1.29, 1.82) is 0 Å². The molecule has 2 aliphatic rings. The Balaban J connectivity index is 1.28. The molecule has 1 saturated heterocycles. The van der Waals surface area contributed by atoms with Crippen molar-refractivity contribution in [2.45, 2.75) is 56.3 Å². The third kappa shape index (κ3) is 9.12. The van der Waals surface area contributed by atoms with Crippen LogP contribution in [0.4, 0.5) is 13.2 Å². The lowest BCUT2D eigenvalue weighted by Gasteiger charge is -2.41. The van der Waals surface area contributed by atoms with E-state index < -0.39 is 48.8 Å². The highest BCUT2D eigenvalue weighted by atomic mass is 19.4. The molecule has 4 N–H and O–H groups in total. The van der Waals surface area contributed by atoms with Crippen LogP contribution in [0, 0.1) is 5.92 Å². The Morgan fingerprint density at radius 1 is 1.00 bits per heavy atom. The van der Waals surface area contributed by atoms with Crippen LogP contribution >= 0.6 is 0 Å². The summed E-state index contributed by atoms with van der Waals surface area (Å²) in [4.78, 5) is 34.6. The fourth-order valence-corrected chi connectivity index (χ4v) is 6.42. The molecular weight excluding hydrogens is 599 g/mol. The number of aliphatic hydroxyl groups is 2. The number of carbonyl (C=O) groups is 2. The lowest BCUT2D eigenvalue weighted by Crippen LogP contribution is -2.60. The van der Waals surface area contributed by atoms with E-state index >= 15 is 0 Å². The van der Waals surface area contributed by atoms with Gasteiger partial charge in [0.2, 0.25) is 11.8 Å². The first-order chi connectivity index (χ1) is 22.1. The van der Waals surface area contributed by atoms with E-state index in [0.29, 0.717) is 32.5 Å². The summed E-state index contributed by atoms with van der Waals surface area (Å²) in [6.45, 7) is 0.0512. The van der Waals surface area contributed by atoms with E-state index in [1.54, 1.807) is 23.4 Å². The summed E-state index contributed by atoms with van der Waals surface area (Å²) in [5.74, 6) is -1.75. The largest absolute Gasteiger partial charge is 0.405 e. The summed E-state index contributed by atoms with van der Waals surface area (Å²) in [5, 5.41) is 27.1. The molecule has 46 heavy (non-hydrogen) atoms. The number of piperazine rings is 1. The van der Waals surface area contributed by atoms with E-state index in [0.717, 1.165) is 22.3 Å². The average Bonchev–Trinajstić information content (AvgIpc) is 3.35. The number of β-amino-alcohol motifs (C(OH)–C–C–N with tert-alkyl or cyclic N) is 1. The molecule has 3 aromatic rings. The van der Waals surface area contributed by atoms with E-state index in [9.17, 15) is 33.0 Å². The number of pyridine rings is 1. The van der Waals surface area contributed by atoms with Crippen LogP contribution in [0.1, 0.15) is 34.7 Å². The Kier molecular flexibility index (Phi) is 11.1. The molecule has 2 heterocycles. The van der Waals surface area contributed by atoms with Crippen LogP contribution < -0.4 is 10.6 Å². The summed E-state index contributed by atoms with van der Waals surface area (Å²) in [5.41, 5.74) is 3.64. The zero-order chi connectivity index (χ0) is 32.7. The molecule has 12 heteroatoms. The minimum atomic E-state index is -4.56. The summed E-state index contributed by atoms with van der Waals surface area (Å²) >= 11 is 0. The number of nitrogens with zero attached hydrogens (tertiary/aromatic N) is 3. The van der Waals surface area contributed by atoms with E-state index in [2.05, 4.69) is 10.3 Å². The first-order valence-corrected chi connectivity index (χ1v) is 15.5. The standard InChI is InChI=1S/C34H40F3N5O4/c35-34(36,37)22-39-33(46)29-21-41(19-24-9-6-12-38-18-24)13-14-42(29)20-27(43)16-26(15-23-7-2-1-3-8-23)32(45)40-31-28-11-5-4-10-25(28)17-30(31)44/h1-12,18,26-27,29-31,43-44H,13-17,19-22H2,(H,39,46)(H,40,45)/t26-,27-,29-,30+,31-/m0/s1. The maximum Gasteiger partial charge on any atom is 0.405 e. The van der Waals surface area contributed by atoms with Crippen LogP contribution in [0.15, 0.2) is 79.1 Å². The third-order valence-electron chi connectivity index (χ3n) is 8.67. The summed E-state index contributed by atoms with van der Waals surface area (Å²) in [6.07, 6.45) is -2.22. The molecule has 0 radical (unpaired) electrons. The van der Waals surface area contributed by atoms with Crippen LogP contribution in [0.2, 0.25) is 0 Å². The van der Waals surface area contributed by atoms with Crippen LogP contribution in [0.5, 0.6) is 0 Å². The number of fused-ring (bicyclic) bond motifs is 1. The van der Waals surface area contributed by atoms with Crippen LogP contribution in [0.3, 0.4) is 0 Å². The Bertz CT molecular complexity index is 1450. The molecule has 9 nitrogen and oxygen atoms in total. The first kappa shape index (κ1) is 33.5. The maximum atomic E-state index is 13.7. The number of hydrogen-bond donors (Lipinski definition) is 4. The van der Waals surface area contributed by atoms with Crippen LogP contribution in [-0.4, -0.2) is 94.0 Å². The Labute approximate surface area is 266 Å². The monoisotopic (exact) mass is 639 g/mol. The normalized spacial score (nSPS) is 21.7. The third-order valence-corrected chi connectivity index (χ3v) is 8.67. The molecular formula is C34H40F3N5O4. The van der Waals surface area contributed by atoms with Crippen molar-refractivity contribution in [2.75, 3.05) is 32.7 Å². The molecule has 5 atom stereocenters. The first-order valence-electron chi connectivity index (χ1n) is 15.5. The second-order valence-electron chi connectivity index (χ2n) is 12.2. The molecule has 0 spiro atoms. The number of amides is 2. The van der Waals surface area contributed by atoms with Gasteiger partial charge >= 0.3 is 6.18 Å². The number of halogens is 3. The SMILES string of the molecule is O=C(N[C@H]1c2ccccc2C[C@H]1O)[C@@H](Cc1ccccc1)C[C@H](O)CN1CCN(Cc2cccnc2)C[C@H]1C(=O)NCC(F)(F)F. The van der Waals surface area contributed by atoms with Gasteiger partial charge < -0.3 is 20.8 Å². The van der Waals surface area contributed by atoms with Crippen molar-refractivity contribution < 1.29 is 33.0 Å². The summed E-state index contributed by atoms with van der Waals surface area (Å²) in [6, 6.07) is 19.1. The van der Waals surface area contributed by atoms with Gasteiger partial charge in [0, 0.05) is 57.5 Å². The smallest absolute Gasteiger partial charge is 0.392 e. The molecule has 1 fully saturated rings. The van der Waals surface area contributed by atoms with Gasteiger partial charge in [0.25, 0.3) is 0 Å². The van der Waals surface area contributed by atoms with Gasteiger partial charge in [-0.25, -0.2) is 0 Å². The molecule has 0 bridgehead atoms. The topological polar surface area (TPSA) is 118 Å². The van der Waals surface area contributed by atoms with Gasteiger partial charge in [-0.05, 0) is 41.2 Å². The highest BCUT2D eigenvalue weighted by molar-refractivity contribution is 5.82. The minimum absolute atomic E-state index is 0.00169. The molecule has 1 aliphatic carbocycles. The number of aliphatic hydroxyl groups excluding tert-OH is 2. The minimum Gasteiger partial charge on any atom is -0.392 e. The number of aromatic nitrogens is 1. The highest BCUT2D eigenvalue weighted by Gasteiger charge is 2.38. The molecule has 0 unspecified atom stereocenters. The quantitative estimate of drug-likeness (QED) is 0.241. The predicted molar refractivity (Wildman–Crippen MR) is 165 cm³/mol. The highest BCUT2D eigenvalue weighted by Crippen LogP contribution is 2.32. The fraction of sp³-hybridized carbons (Fsp3) is 0.441. The van der Waals surface area contributed by atoms with E-state index in [-0.39, 0.29) is 25.4 Å². The number of carbonyl (C=O) groups excluding carboxylic acids is 2. The number of alkyl halides is 3. The predicted octanol–water partition coefficient (Wildman–Crippen LogP) is 2.63. The Morgan fingerprint density at radius 2 is 1.74 bits per heavy atom. The molecule has 1 aromatic heterocycles. The summed E-state index contributed by atoms with van der Waals surface area (Å²) in [7, 11) is 0. The van der Waals surface area contributed by atoms with Crippen molar-refractivity contribution >= 4 is 11.8 Å². The number of benzene rings is 2. The molecule has 2 amide bonds. The second-order valence-corrected chi connectivity index (χ2v) is 12.2. The molecule has 246 valence electrons. The van der Waals surface area contributed by atoms with Gasteiger partial charge in [0.1, 0.15) is 12.6 Å². The average molecular weight is 640 g/mol.